The van der Waals surface area contributed by atoms with E-state index < -0.39 is 0 Å². The summed E-state index contributed by atoms with van der Waals surface area (Å²) in [5.74, 6) is 0.331. The zero-order valence-electron chi connectivity index (χ0n) is 17.3. The van der Waals surface area contributed by atoms with E-state index in [2.05, 4.69) is 31.5 Å². The Kier molecular flexibility index (Phi) is 5.07. The number of benzene rings is 2. The first kappa shape index (κ1) is 19.6. The molecule has 3 heterocycles. The van der Waals surface area contributed by atoms with Gasteiger partial charge in [-0.25, -0.2) is 9.07 Å². The van der Waals surface area contributed by atoms with Crippen LogP contribution in [0.2, 0.25) is 0 Å². The number of rotatable bonds is 5. The number of pyridine rings is 1. The third kappa shape index (κ3) is 3.86. The summed E-state index contributed by atoms with van der Waals surface area (Å²) < 4.78 is 15.0. The van der Waals surface area contributed by atoms with Crippen molar-refractivity contribution in [1.82, 2.24) is 30.1 Å². The van der Waals surface area contributed by atoms with Crippen molar-refractivity contribution in [1.29, 1.82) is 0 Å². The Morgan fingerprint density at radius 1 is 1.10 bits per heavy atom. The van der Waals surface area contributed by atoms with E-state index in [0.717, 1.165) is 48.0 Å². The van der Waals surface area contributed by atoms with Crippen LogP contribution in [0.5, 0.6) is 0 Å². The maximum atomic E-state index is 13.3. The van der Waals surface area contributed by atoms with Crippen LogP contribution in [-0.4, -0.2) is 43.2 Å². The Morgan fingerprint density at radius 2 is 1.87 bits per heavy atom. The fraction of sp³-hybridized carbons (Fsp3) is 0.304. The van der Waals surface area contributed by atoms with Crippen molar-refractivity contribution in [2.75, 3.05) is 13.1 Å². The SMILES string of the molecule is Cc1ccc2[nH]c(=O)c([C@@H](c3nnnn3Cc3ccc(F)cc3)N3CCCC3)cc2c1. The van der Waals surface area contributed by atoms with Crippen LogP contribution in [0.3, 0.4) is 0 Å². The van der Waals surface area contributed by atoms with E-state index in [1.165, 1.54) is 12.1 Å². The molecular weight excluding hydrogens is 395 g/mol. The van der Waals surface area contributed by atoms with E-state index >= 15 is 0 Å². The number of nitrogens with one attached hydrogen (secondary N) is 1. The van der Waals surface area contributed by atoms with Crippen LogP contribution in [0.15, 0.2) is 53.3 Å². The molecule has 1 saturated heterocycles. The average molecular weight is 418 g/mol. The molecule has 158 valence electrons. The summed E-state index contributed by atoms with van der Waals surface area (Å²) in [4.78, 5) is 18.4. The van der Waals surface area contributed by atoms with E-state index in [0.29, 0.717) is 17.9 Å². The molecule has 1 aliphatic rings. The zero-order chi connectivity index (χ0) is 21.4. The molecule has 2 aromatic heterocycles. The van der Waals surface area contributed by atoms with Gasteiger partial charge in [-0.15, -0.1) is 5.10 Å². The fourth-order valence-electron chi connectivity index (χ4n) is 4.33. The number of halogens is 1. The number of nitrogens with zero attached hydrogens (tertiary/aromatic N) is 5. The quantitative estimate of drug-likeness (QED) is 0.538. The Morgan fingerprint density at radius 3 is 2.65 bits per heavy atom. The molecule has 0 radical (unpaired) electrons. The lowest BCUT2D eigenvalue weighted by atomic mass is 10.0. The van der Waals surface area contributed by atoms with Crippen molar-refractivity contribution < 1.29 is 4.39 Å². The van der Waals surface area contributed by atoms with Gasteiger partial charge in [0.1, 0.15) is 11.9 Å². The largest absolute Gasteiger partial charge is 0.322 e. The predicted octanol–water partition coefficient (Wildman–Crippen LogP) is 3.20. The van der Waals surface area contributed by atoms with Gasteiger partial charge >= 0.3 is 0 Å². The third-order valence-electron chi connectivity index (χ3n) is 5.88. The van der Waals surface area contributed by atoms with E-state index in [1.54, 1.807) is 16.8 Å². The summed E-state index contributed by atoms with van der Waals surface area (Å²) in [5, 5.41) is 13.4. The van der Waals surface area contributed by atoms with Crippen LogP contribution in [0, 0.1) is 12.7 Å². The first-order chi connectivity index (χ1) is 15.1. The van der Waals surface area contributed by atoms with Gasteiger partial charge in [0.2, 0.25) is 0 Å². The normalized spacial score (nSPS) is 15.5. The molecule has 0 amide bonds. The van der Waals surface area contributed by atoms with Crippen molar-refractivity contribution in [2.45, 2.75) is 32.4 Å². The van der Waals surface area contributed by atoms with Gasteiger partial charge in [0.15, 0.2) is 5.82 Å². The molecule has 4 aromatic rings. The molecule has 8 heteroatoms. The minimum atomic E-state index is -0.355. The van der Waals surface area contributed by atoms with Gasteiger partial charge in [-0.05, 0) is 84.6 Å². The molecule has 1 N–H and O–H groups in total. The molecule has 0 aliphatic carbocycles. The van der Waals surface area contributed by atoms with Crippen LogP contribution >= 0.6 is 0 Å². The van der Waals surface area contributed by atoms with Gasteiger partial charge < -0.3 is 4.98 Å². The number of H-pyrrole nitrogens is 1. The number of likely N-dealkylation sites (tertiary alicyclic amines) is 1. The maximum absolute atomic E-state index is 13.3. The molecule has 0 unspecified atom stereocenters. The van der Waals surface area contributed by atoms with E-state index in [4.69, 9.17) is 0 Å². The topological polar surface area (TPSA) is 79.7 Å². The van der Waals surface area contributed by atoms with E-state index in [9.17, 15) is 9.18 Å². The lowest BCUT2D eigenvalue weighted by Crippen LogP contribution is -2.33. The molecule has 7 nitrogen and oxygen atoms in total. The van der Waals surface area contributed by atoms with Gasteiger partial charge in [-0.2, -0.15) is 0 Å². The fourth-order valence-corrected chi connectivity index (χ4v) is 4.33. The van der Waals surface area contributed by atoms with Gasteiger partial charge in [0.05, 0.1) is 6.54 Å². The molecular formula is C23H23FN6O. The highest BCUT2D eigenvalue weighted by Crippen LogP contribution is 2.30. The highest BCUT2D eigenvalue weighted by atomic mass is 19.1. The van der Waals surface area contributed by atoms with Crippen molar-refractivity contribution >= 4 is 10.9 Å². The molecule has 1 fully saturated rings. The second-order valence-electron chi connectivity index (χ2n) is 8.11. The predicted molar refractivity (Wildman–Crippen MR) is 115 cm³/mol. The first-order valence-electron chi connectivity index (χ1n) is 10.5. The highest BCUT2D eigenvalue weighted by molar-refractivity contribution is 5.79. The number of aryl methyl sites for hydroxylation is 1. The maximum Gasteiger partial charge on any atom is 0.253 e. The molecule has 31 heavy (non-hydrogen) atoms. The molecule has 5 rings (SSSR count). The van der Waals surface area contributed by atoms with Crippen LogP contribution in [0.4, 0.5) is 4.39 Å². The van der Waals surface area contributed by atoms with Crippen LogP contribution in [0.25, 0.3) is 10.9 Å². The monoisotopic (exact) mass is 418 g/mol. The minimum Gasteiger partial charge on any atom is -0.322 e. The van der Waals surface area contributed by atoms with E-state index in [1.807, 2.05) is 25.1 Å². The Labute approximate surface area is 178 Å². The summed E-state index contributed by atoms with van der Waals surface area (Å²) in [7, 11) is 0. The number of fused-ring (bicyclic) bond motifs is 1. The van der Waals surface area contributed by atoms with Crippen molar-refractivity contribution in [3.05, 3.63) is 87.2 Å². The zero-order valence-corrected chi connectivity index (χ0v) is 17.3. The van der Waals surface area contributed by atoms with Crippen molar-refractivity contribution in [3.63, 3.8) is 0 Å². The Hall–Kier alpha value is -3.39. The number of aromatic amines is 1. The van der Waals surface area contributed by atoms with Crippen molar-refractivity contribution in [3.8, 4) is 0 Å². The molecule has 0 bridgehead atoms. The summed E-state index contributed by atoms with van der Waals surface area (Å²) in [6, 6.07) is 13.9. The highest BCUT2D eigenvalue weighted by Gasteiger charge is 2.32. The van der Waals surface area contributed by atoms with Gasteiger partial charge in [0, 0.05) is 11.1 Å². The summed E-state index contributed by atoms with van der Waals surface area (Å²) in [6.45, 7) is 4.18. The first-order valence-corrected chi connectivity index (χ1v) is 10.5. The van der Waals surface area contributed by atoms with E-state index in [-0.39, 0.29) is 17.4 Å². The van der Waals surface area contributed by atoms with Crippen molar-refractivity contribution in [2.24, 2.45) is 0 Å². The summed E-state index contributed by atoms with van der Waals surface area (Å²) in [5.41, 5.74) is 3.33. The average Bonchev–Trinajstić information content (AvgIpc) is 3.44. The lowest BCUT2D eigenvalue weighted by molar-refractivity contribution is 0.263. The number of aromatic nitrogens is 5. The second kappa shape index (κ2) is 8.03. The lowest BCUT2D eigenvalue weighted by Gasteiger charge is -2.26. The second-order valence-corrected chi connectivity index (χ2v) is 8.11. The summed E-state index contributed by atoms with van der Waals surface area (Å²) >= 11 is 0. The Balaban J connectivity index is 1.61. The molecule has 1 aliphatic heterocycles. The molecule has 0 saturated carbocycles. The van der Waals surface area contributed by atoms with Crippen LogP contribution in [0.1, 0.15) is 41.4 Å². The molecule has 1 atom stereocenters. The van der Waals surface area contributed by atoms with Crippen LogP contribution < -0.4 is 5.56 Å². The van der Waals surface area contributed by atoms with Crippen LogP contribution in [-0.2, 0) is 6.54 Å². The minimum absolute atomic E-state index is 0.135. The number of hydrogen-bond donors (Lipinski definition) is 1. The number of tetrazole rings is 1. The Bertz CT molecular complexity index is 1270. The standard InChI is InChI=1S/C23H23FN6O/c1-15-4-9-20-17(12-15)13-19(23(31)25-20)21(29-10-2-3-11-29)22-26-27-28-30(22)14-16-5-7-18(24)8-6-16/h4-9,12-13,21H,2-3,10-11,14H2,1H3,(H,25,31)/t21-/m0/s1. The number of hydrogen-bond acceptors (Lipinski definition) is 5. The summed E-state index contributed by atoms with van der Waals surface area (Å²) in [6.07, 6.45) is 2.14. The van der Waals surface area contributed by atoms with Gasteiger partial charge in [-0.3, -0.25) is 9.69 Å². The van der Waals surface area contributed by atoms with Gasteiger partial charge in [-0.1, -0.05) is 23.8 Å². The van der Waals surface area contributed by atoms with Gasteiger partial charge in [0.25, 0.3) is 5.56 Å². The third-order valence-corrected chi connectivity index (χ3v) is 5.88. The smallest absolute Gasteiger partial charge is 0.253 e. The molecule has 0 spiro atoms. The molecule has 2 aromatic carbocycles.